The normalized spacial score (nSPS) is 12.3. The van der Waals surface area contributed by atoms with Crippen LogP contribution in [0.25, 0.3) is 10.9 Å². The summed E-state index contributed by atoms with van der Waals surface area (Å²) in [4.78, 5) is 30.8. The molecule has 0 spiro atoms. The third-order valence-electron chi connectivity index (χ3n) is 5.86. The van der Waals surface area contributed by atoms with Gasteiger partial charge in [-0.3, -0.25) is 4.79 Å². The van der Waals surface area contributed by atoms with Crippen LogP contribution in [0.1, 0.15) is 11.1 Å². The Morgan fingerprint density at radius 3 is 2.39 bits per heavy atom. The van der Waals surface area contributed by atoms with Crippen molar-refractivity contribution in [1.82, 2.24) is 9.88 Å². The minimum Gasteiger partial charge on any atom is -0.497 e. The van der Waals surface area contributed by atoms with E-state index < -0.39 is 0 Å². The Morgan fingerprint density at radius 2 is 1.69 bits per heavy atom. The van der Waals surface area contributed by atoms with Crippen molar-refractivity contribution in [1.29, 1.82) is 0 Å². The van der Waals surface area contributed by atoms with Crippen molar-refractivity contribution >= 4 is 34.2 Å². The Bertz CT molecular complexity index is 1450. The van der Waals surface area contributed by atoms with Gasteiger partial charge < -0.3 is 29.4 Å². The van der Waals surface area contributed by atoms with E-state index in [1.807, 2.05) is 18.2 Å². The van der Waals surface area contributed by atoms with Crippen molar-refractivity contribution < 1.29 is 19.0 Å². The van der Waals surface area contributed by atoms with Crippen LogP contribution in [0, 0.1) is 0 Å². The van der Waals surface area contributed by atoms with Crippen molar-refractivity contribution in [2.24, 2.45) is 0 Å². The van der Waals surface area contributed by atoms with Crippen LogP contribution in [-0.4, -0.2) is 36.2 Å². The molecule has 3 aromatic carbocycles. The zero-order valence-corrected chi connectivity index (χ0v) is 20.3. The highest BCUT2D eigenvalue weighted by atomic mass is 35.5. The largest absolute Gasteiger partial charge is 0.497 e. The fourth-order valence-electron chi connectivity index (χ4n) is 4.00. The van der Waals surface area contributed by atoms with Crippen LogP contribution in [0.2, 0.25) is 5.02 Å². The van der Waals surface area contributed by atoms with Crippen molar-refractivity contribution in [3.8, 4) is 17.2 Å². The highest BCUT2D eigenvalue weighted by Gasteiger charge is 2.19. The van der Waals surface area contributed by atoms with Gasteiger partial charge in [-0.15, -0.1) is 0 Å². The molecule has 4 aromatic rings. The number of fused-ring (bicyclic) bond motifs is 2. The van der Waals surface area contributed by atoms with Crippen molar-refractivity contribution in [3.05, 3.63) is 93.2 Å². The number of nitrogens with one attached hydrogen (secondary N) is 2. The van der Waals surface area contributed by atoms with Gasteiger partial charge in [0.1, 0.15) is 19.0 Å². The van der Waals surface area contributed by atoms with Crippen LogP contribution < -0.4 is 25.1 Å². The number of aromatic amines is 1. The molecule has 2 N–H and O–H groups in total. The van der Waals surface area contributed by atoms with Crippen LogP contribution in [0.15, 0.2) is 71.5 Å². The molecule has 0 atom stereocenters. The Labute approximate surface area is 212 Å². The molecule has 0 saturated heterocycles. The highest BCUT2D eigenvalue weighted by Crippen LogP contribution is 2.33. The first-order chi connectivity index (χ1) is 17.5. The molecule has 8 nitrogen and oxygen atoms in total. The average Bonchev–Trinajstić information content (AvgIpc) is 2.89. The van der Waals surface area contributed by atoms with Gasteiger partial charge in [-0.2, -0.15) is 0 Å². The standard InChI is InChI=1S/C27H24ClN3O5/c1-34-22-8-6-21(7-9-22)29-27(33)31(15-17-2-4-20(28)5-3-17)16-19-12-18-13-24-25(36-11-10-35-24)14-23(18)30-26(19)32/h2-9,12-14H,10-11,15-16H2,1H3,(H,29,33)(H,30,32). The molecule has 36 heavy (non-hydrogen) atoms. The summed E-state index contributed by atoms with van der Waals surface area (Å²) in [5, 5.41) is 4.29. The van der Waals surface area contributed by atoms with Crippen LogP contribution >= 0.6 is 11.6 Å². The Morgan fingerprint density at radius 1 is 1.00 bits per heavy atom. The molecule has 0 aliphatic carbocycles. The molecule has 5 rings (SSSR count). The minimum absolute atomic E-state index is 0.0876. The van der Waals surface area contributed by atoms with Gasteiger partial charge in [-0.05, 0) is 54.1 Å². The number of carbonyl (C=O) groups is 1. The predicted octanol–water partition coefficient (Wildman–Crippen LogP) is 5.20. The van der Waals surface area contributed by atoms with Gasteiger partial charge in [0.25, 0.3) is 5.56 Å². The van der Waals surface area contributed by atoms with E-state index in [1.165, 1.54) is 0 Å². The van der Waals surface area contributed by atoms with Crippen LogP contribution in [0.4, 0.5) is 10.5 Å². The third-order valence-corrected chi connectivity index (χ3v) is 6.11. The van der Waals surface area contributed by atoms with Crippen molar-refractivity contribution in [2.45, 2.75) is 13.1 Å². The maximum atomic E-state index is 13.3. The van der Waals surface area contributed by atoms with E-state index in [-0.39, 0.29) is 24.7 Å². The summed E-state index contributed by atoms with van der Waals surface area (Å²) >= 11 is 6.03. The predicted molar refractivity (Wildman–Crippen MR) is 138 cm³/mol. The summed E-state index contributed by atoms with van der Waals surface area (Å²) in [6.07, 6.45) is 0. The summed E-state index contributed by atoms with van der Waals surface area (Å²) in [7, 11) is 1.58. The van der Waals surface area contributed by atoms with Gasteiger partial charge in [-0.1, -0.05) is 23.7 Å². The van der Waals surface area contributed by atoms with Gasteiger partial charge in [0.15, 0.2) is 11.5 Å². The Balaban J connectivity index is 1.44. The summed E-state index contributed by atoms with van der Waals surface area (Å²) in [6, 6.07) is 19.3. The number of urea groups is 1. The second-order valence-electron chi connectivity index (χ2n) is 8.35. The first-order valence-electron chi connectivity index (χ1n) is 11.4. The highest BCUT2D eigenvalue weighted by molar-refractivity contribution is 6.30. The average molecular weight is 506 g/mol. The van der Waals surface area contributed by atoms with E-state index >= 15 is 0 Å². The fourth-order valence-corrected chi connectivity index (χ4v) is 4.12. The van der Waals surface area contributed by atoms with E-state index in [0.717, 1.165) is 10.9 Å². The number of rotatable bonds is 6. The zero-order valence-electron chi connectivity index (χ0n) is 19.5. The summed E-state index contributed by atoms with van der Waals surface area (Å²) in [5.74, 6) is 1.91. The number of ether oxygens (including phenoxy) is 3. The second kappa shape index (κ2) is 10.2. The van der Waals surface area contributed by atoms with Gasteiger partial charge >= 0.3 is 6.03 Å². The number of methoxy groups -OCH3 is 1. The van der Waals surface area contributed by atoms with E-state index in [9.17, 15) is 9.59 Å². The lowest BCUT2D eigenvalue weighted by molar-refractivity contribution is 0.172. The van der Waals surface area contributed by atoms with Crippen LogP contribution in [0.3, 0.4) is 0 Å². The molecule has 0 bridgehead atoms. The number of amides is 2. The summed E-state index contributed by atoms with van der Waals surface area (Å²) in [5.41, 5.74) is 2.29. The molecule has 0 unspecified atom stereocenters. The number of benzene rings is 3. The number of hydrogen-bond donors (Lipinski definition) is 2. The lowest BCUT2D eigenvalue weighted by Crippen LogP contribution is -2.35. The topological polar surface area (TPSA) is 92.9 Å². The number of nitrogens with zero attached hydrogens (tertiary/aromatic N) is 1. The molecule has 1 aliphatic rings. The lowest BCUT2D eigenvalue weighted by atomic mass is 10.1. The molecular formula is C27H24ClN3O5. The number of H-pyrrole nitrogens is 1. The van der Waals surface area contributed by atoms with Gasteiger partial charge in [-0.25, -0.2) is 4.79 Å². The van der Waals surface area contributed by atoms with E-state index in [0.29, 0.717) is 52.3 Å². The molecule has 1 aliphatic heterocycles. The molecule has 0 radical (unpaired) electrons. The SMILES string of the molecule is COc1ccc(NC(=O)N(Cc2ccc(Cl)cc2)Cc2cc3cc4c(cc3[nH]c2=O)OCCO4)cc1. The number of halogens is 1. The smallest absolute Gasteiger partial charge is 0.322 e. The number of aromatic nitrogens is 1. The molecular weight excluding hydrogens is 482 g/mol. The summed E-state index contributed by atoms with van der Waals surface area (Å²) in [6.45, 7) is 1.29. The monoisotopic (exact) mass is 505 g/mol. The van der Waals surface area contributed by atoms with Crippen molar-refractivity contribution in [2.75, 3.05) is 25.6 Å². The van der Waals surface area contributed by atoms with E-state index in [2.05, 4.69) is 10.3 Å². The quantitative estimate of drug-likeness (QED) is 0.376. The number of hydrogen-bond acceptors (Lipinski definition) is 5. The maximum absolute atomic E-state index is 13.3. The fraction of sp³-hybridized carbons (Fsp3) is 0.185. The van der Waals surface area contributed by atoms with Gasteiger partial charge in [0, 0.05) is 34.3 Å². The third kappa shape index (κ3) is 5.23. The number of anilines is 1. The maximum Gasteiger partial charge on any atom is 0.322 e. The van der Waals surface area contributed by atoms with Crippen molar-refractivity contribution in [3.63, 3.8) is 0 Å². The molecule has 0 fully saturated rings. The van der Waals surface area contributed by atoms with Gasteiger partial charge in [0.2, 0.25) is 0 Å². The van der Waals surface area contributed by atoms with Gasteiger partial charge in [0.05, 0.1) is 19.2 Å². The Kier molecular flexibility index (Phi) is 6.69. The lowest BCUT2D eigenvalue weighted by Gasteiger charge is -2.24. The Hall–Kier alpha value is -4.17. The zero-order chi connectivity index (χ0) is 25.1. The number of carbonyl (C=O) groups excluding carboxylic acids is 1. The van der Waals surface area contributed by atoms with Crippen LogP contribution in [0.5, 0.6) is 17.2 Å². The van der Waals surface area contributed by atoms with Crippen LogP contribution in [-0.2, 0) is 13.1 Å². The second-order valence-corrected chi connectivity index (χ2v) is 8.78. The summed E-state index contributed by atoms with van der Waals surface area (Å²) < 4.78 is 16.5. The van der Waals surface area contributed by atoms with E-state index in [4.69, 9.17) is 25.8 Å². The minimum atomic E-state index is -0.350. The molecule has 2 amide bonds. The van der Waals surface area contributed by atoms with E-state index in [1.54, 1.807) is 60.5 Å². The first-order valence-corrected chi connectivity index (χ1v) is 11.8. The number of pyridine rings is 1. The molecule has 1 aromatic heterocycles. The first kappa shape index (κ1) is 23.6. The molecule has 2 heterocycles. The molecule has 184 valence electrons. The molecule has 9 heteroatoms. The molecule has 0 saturated carbocycles.